The maximum Gasteiger partial charge on any atom is 0.270 e. The molecule has 3 rings (SSSR count). The second kappa shape index (κ2) is 7.92. The van der Waals surface area contributed by atoms with E-state index in [9.17, 15) is 4.79 Å². The Bertz CT molecular complexity index is 853. The summed E-state index contributed by atoms with van der Waals surface area (Å²) >= 11 is 0. The first-order chi connectivity index (χ1) is 12.2. The summed E-state index contributed by atoms with van der Waals surface area (Å²) in [6.07, 6.45) is 1.36. The van der Waals surface area contributed by atoms with Crippen LogP contribution in [0.15, 0.2) is 67.0 Å². The minimum atomic E-state index is -0.250. The quantitative estimate of drug-likeness (QED) is 0.724. The van der Waals surface area contributed by atoms with Gasteiger partial charge in [0.2, 0.25) is 0 Å². The number of ether oxygens (including phenoxy) is 1. The molecule has 126 valence electrons. The second-order valence-corrected chi connectivity index (χ2v) is 5.31. The van der Waals surface area contributed by atoms with E-state index in [4.69, 9.17) is 4.74 Å². The molecule has 0 aliphatic carbocycles. The van der Waals surface area contributed by atoms with Crippen molar-refractivity contribution in [2.24, 2.45) is 0 Å². The van der Waals surface area contributed by atoms with E-state index in [0.717, 1.165) is 17.0 Å². The number of hydrogen-bond acceptors (Lipinski definition) is 5. The van der Waals surface area contributed by atoms with Crippen molar-refractivity contribution < 1.29 is 9.53 Å². The number of nitrogens with one attached hydrogen (secondary N) is 2. The molecule has 0 saturated carbocycles. The zero-order valence-corrected chi connectivity index (χ0v) is 13.8. The smallest absolute Gasteiger partial charge is 0.270 e. The molecule has 6 nitrogen and oxygen atoms in total. The van der Waals surface area contributed by atoms with Crippen LogP contribution in [0.25, 0.3) is 0 Å². The predicted molar refractivity (Wildman–Crippen MR) is 95.9 cm³/mol. The third-order valence-electron chi connectivity index (χ3n) is 3.54. The first-order valence-corrected chi connectivity index (χ1v) is 7.80. The highest BCUT2D eigenvalue weighted by Gasteiger charge is 2.09. The number of carbonyl (C=O) groups excluding carboxylic acids is 1. The minimum Gasteiger partial charge on any atom is -0.497 e. The zero-order valence-electron chi connectivity index (χ0n) is 13.8. The summed E-state index contributed by atoms with van der Waals surface area (Å²) in [7, 11) is 1.61. The van der Waals surface area contributed by atoms with E-state index in [1.807, 2.05) is 54.6 Å². The third-order valence-corrected chi connectivity index (χ3v) is 3.54. The van der Waals surface area contributed by atoms with Gasteiger partial charge in [0.25, 0.3) is 5.91 Å². The maximum atomic E-state index is 12.3. The van der Waals surface area contributed by atoms with Gasteiger partial charge in [-0.15, -0.1) is 0 Å². The molecule has 0 fully saturated rings. The van der Waals surface area contributed by atoms with Crippen LogP contribution in [-0.2, 0) is 6.54 Å². The van der Waals surface area contributed by atoms with Gasteiger partial charge in [0.05, 0.1) is 7.11 Å². The largest absolute Gasteiger partial charge is 0.497 e. The molecule has 0 spiro atoms. The average molecular weight is 334 g/mol. The summed E-state index contributed by atoms with van der Waals surface area (Å²) in [6, 6.07) is 18.8. The fourth-order valence-electron chi connectivity index (χ4n) is 2.27. The van der Waals surface area contributed by atoms with Gasteiger partial charge in [-0.1, -0.05) is 36.4 Å². The van der Waals surface area contributed by atoms with Gasteiger partial charge in [-0.3, -0.25) is 4.79 Å². The lowest BCUT2D eigenvalue weighted by Crippen LogP contribution is -2.24. The summed E-state index contributed by atoms with van der Waals surface area (Å²) in [5.74, 6) is 1.02. The van der Waals surface area contributed by atoms with Gasteiger partial charge in [0.1, 0.15) is 23.6 Å². The molecule has 1 amide bonds. The number of rotatable bonds is 6. The SMILES string of the molecule is COc1cccc(Nc2cc(C(=O)NCc3ccccc3)ncn2)c1. The summed E-state index contributed by atoms with van der Waals surface area (Å²) in [5.41, 5.74) is 2.14. The Morgan fingerprint density at radius 3 is 2.68 bits per heavy atom. The number of benzene rings is 2. The molecule has 2 N–H and O–H groups in total. The topological polar surface area (TPSA) is 76.1 Å². The van der Waals surface area contributed by atoms with Crippen LogP contribution in [0, 0.1) is 0 Å². The molecule has 1 heterocycles. The number of methoxy groups -OCH3 is 1. The van der Waals surface area contributed by atoms with Crippen molar-refractivity contribution in [1.82, 2.24) is 15.3 Å². The molecule has 0 aliphatic rings. The molecule has 0 bridgehead atoms. The molecule has 0 aliphatic heterocycles. The molecule has 25 heavy (non-hydrogen) atoms. The first-order valence-electron chi connectivity index (χ1n) is 7.80. The van der Waals surface area contributed by atoms with Crippen LogP contribution in [0.2, 0.25) is 0 Å². The molecule has 6 heteroatoms. The van der Waals surface area contributed by atoms with Crippen molar-refractivity contribution in [3.05, 3.63) is 78.2 Å². The normalized spacial score (nSPS) is 10.1. The van der Waals surface area contributed by atoms with Crippen molar-refractivity contribution in [1.29, 1.82) is 0 Å². The van der Waals surface area contributed by atoms with Crippen molar-refractivity contribution in [3.63, 3.8) is 0 Å². The summed E-state index contributed by atoms with van der Waals surface area (Å²) in [6.45, 7) is 0.447. The summed E-state index contributed by atoms with van der Waals surface area (Å²) < 4.78 is 5.19. The Morgan fingerprint density at radius 1 is 1.04 bits per heavy atom. The molecule has 1 aromatic heterocycles. The minimum absolute atomic E-state index is 0.250. The Morgan fingerprint density at radius 2 is 1.88 bits per heavy atom. The van der Waals surface area contributed by atoms with Crippen LogP contribution in [0.3, 0.4) is 0 Å². The van der Waals surface area contributed by atoms with Gasteiger partial charge in [-0.2, -0.15) is 0 Å². The third kappa shape index (κ3) is 4.54. The number of nitrogens with zero attached hydrogens (tertiary/aromatic N) is 2. The lowest BCUT2D eigenvalue weighted by molar-refractivity contribution is 0.0946. The molecular weight excluding hydrogens is 316 g/mol. The fraction of sp³-hybridized carbons (Fsp3) is 0.105. The Labute approximate surface area is 145 Å². The van der Waals surface area contributed by atoms with E-state index >= 15 is 0 Å². The standard InChI is InChI=1S/C19H18N4O2/c1-25-16-9-5-8-15(10-16)23-18-11-17(21-13-22-18)19(24)20-12-14-6-3-2-4-7-14/h2-11,13H,12H2,1H3,(H,20,24)(H,21,22,23). The second-order valence-electron chi connectivity index (χ2n) is 5.31. The number of hydrogen-bond donors (Lipinski definition) is 2. The van der Waals surface area contributed by atoms with Gasteiger partial charge in [-0.05, 0) is 17.7 Å². The van der Waals surface area contributed by atoms with E-state index in [1.54, 1.807) is 13.2 Å². The van der Waals surface area contributed by atoms with E-state index in [-0.39, 0.29) is 5.91 Å². The van der Waals surface area contributed by atoms with Crippen molar-refractivity contribution in [3.8, 4) is 5.75 Å². The average Bonchev–Trinajstić information content (AvgIpc) is 2.67. The highest BCUT2D eigenvalue weighted by Crippen LogP contribution is 2.20. The van der Waals surface area contributed by atoms with Crippen molar-refractivity contribution in [2.45, 2.75) is 6.54 Å². The van der Waals surface area contributed by atoms with Crippen molar-refractivity contribution in [2.75, 3.05) is 12.4 Å². The highest BCUT2D eigenvalue weighted by molar-refractivity contribution is 5.92. The Balaban J connectivity index is 1.67. The lowest BCUT2D eigenvalue weighted by atomic mass is 10.2. The van der Waals surface area contributed by atoms with Gasteiger partial charge >= 0.3 is 0 Å². The van der Waals surface area contributed by atoms with Crippen LogP contribution in [-0.4, -0.2) is 23.0 Å². The van der Waals surface area contributed by atoms with Crippen LogP contribution in [0.1, 0.15) is 16.1 Å². The maximum absolute atomic E-state index is 12.3. The molecule has 0 atom stereocenters. The summed E-state index contributed by atoms with van der Waals surface area (Å²) in [4.78, 5) is 20.5. The number of aromatic nitrogens is 2. The van der Waals surface area contributed by atoms with E-state index in [0.29, 0.717) is 18.1 Å². The van der Waals surface area contributed by atoms with Gasteiger partial charge < -0.3 is 15.4 Å². The van der Waals surface area contributed by atoms with Crippen LogP contribution in [0.5, 0.6) is 5.75 Å². The first kappa shape index (κ1) is 16.4. The van der Waals surface area contributed by atoms with Gasteiger partial charge in [-0.25, -0.2) is 9.97 Å². The highest BCUT2D eigenvalue weighted by atomic mass is 16.5. The number of amides is 1. The van der Waals surface area contributed by atoms with Gasteiger partial charge in [0.15, 0.2) is 0 Å². The Kier molecular flexibility index (Phi) is 5.21. The molecule has 0 radical (unpaired) electrons. The predicted octanol–water partition coefficient (Wildman–Crippen LogP) is 3.16. The molecule has 3 aromatic rings. The molecular formula is C19H18N4O2. The zero-order chi connectivity index (χ0) is 17.5. The lowest BCUT2D eigenvalue weighted by Gasteiger charge is -2.09. The molecule has 0 unspecified atom stereocenters. The fourth-order valence-corrected chi connectivity index (χ4v) is 2.27. The summed E-state index contributed by atoms with van der Waals surface area (Å²) in [5, 5.41) is 5.98. The van der Waals surface area contributed by atoms with Crippen LogP contribution < -0.4 is 15.4 Å². The van der Waals surface area contributed by atoms with Crippen LogP contribution in [0.4, 0.5) is 11.5 Å². The monoisotopic (exact) mass is 334 g/mol. The van der Waals surface area contributed by atoms with E-state index < -0.39 is 0 Å². The Hall–Kier alpha value is -3.41. The van der Waals surface area contributed by atoms with Crippen LogP contribution >= 0.6 is 0 Å². The van der Waals surface area contributed by atoms with Crippen molar-refractivity contribution >= 4 is 17.4 Å². The van der Waals surface area contributed by atoms with Gasteiger partial charge in [0, 0.05) is 24.4 Å². The van der Waals surface area contributed by atoms with E-state index in [2.05, 4.69) is 20.6 Å². The van der Waals surface area contributed by atoms with E-state index in [1.165, 1.54) is 6.33 Å². The number of carbonyl (C=O) groups is 1. The number of anilines is 2. The molecule has 0 saturated heterocycles. The molecule has 2 aromatic carbocycles.